The maximum Gasteiger partial charge on any atom is 0.259 e. The third-order valence-electron chi connectivity index (χ3n) is 5.57. The molecule has 0 bridgehead atoms. The average Bonchev–Trinajstić information content (AvgIpc) is 3.37. The lowest BCUT2D eigenvalue weighted by molar-refractivity contribution is 0.0792. The Kier molecular flexibility index (Phi) is 5.65. The first-order valence-corrected chi connectivity index (χ1v) is 10.3. The van der Waals surface area contributed by atoms with Crippen LogP contribution in [0.2, 0.25) is 0 Å². The van der Waals surface area contributed by atoms with Crippen molar-refractivity contribution in [2.75, 3.05) is 18.4 Å². The van der Waals surface area contributed by atoms with Gasteiger partial charge in [-0.05, 0) is 56.5 Å². The van der Waals surface area contributed by atoms with E-state index in [9.17, 15) is 9.59 Å². The molecule has 2 heterocycles. The van der Waals surface area contributed by atoms with Crippen molar-refractivity contribution in [2.45, 2.75) is 33.2 Å². The summed E-state index contributed by atoms with van der Waals surface area (Å²) in [5.74, 6) is -0.137. The van der Waals surface area contributed by atoms with Crippen molar-refractivity contribution in [1.82, 2.24) is 14.7 Å². The standard InChI is InChI=1S/C24H26N4O2/c1-17-22(18(2)28(26-17)16-19-8-4-3-5-9-19)23(29)25-21-12-10-20(11-13-21)24(30)27-14-6-7-15-27/h3-5,8-13H,6-7,14-16H2,1-2H3,(H,25,29). The van der Waals surface area contributed by atoms with Gasteiger partial charge in [-0.3, -0.25) is 14.3 Å². The fourth-order valence-corrected chi connectivity index (χ4v) is 3.93. The first kappa shape index (κ1) is 19.9. The van der Waals surface area contributed by atoms with Crippen molar-refractivity contribution in [3.8, 4) is 0 Å². The number of hydrogen-bond donors (Lipinski definition) is 1. The summed E-state index contributed by atoms with van der Waals surface area (Å²) in [6, 6.07) is 17.2. The molecule has 0 atom stereocenters. The number of hydrogen-bond acceptors (Lipinski definition) is 3. The maximum absolute atomic E-state index is 12.9. The van der Waals surface area contributed by atoms with Gasteiger partial charge >= 0.3 is 0 Å². The van der Waals surface area contributed by atoms with E-state index in [0.717, 1.165) is 37.2 Å². The summed E-state index contributed by atoms with van der Waals surface area (Å²) in [7, 11) is 0. The second-order valence-electron chi connectivity index (χ2n) is 7.72. The second-order valence-corrected chi connectivity index (χ2v) is 7.72. The minimum absolute atomic E-state index is 0.0549. The zero-order valence-corrected chi connectivity index (χ0v) is 17.4. The summed E-state index contributed by atoms with van der Waals surface area (Å²) < 4.78 is 1.86. The number of likely N-dealkylation sites (tertiary alicyclic amines) is 1. The van der Waals surface area contributed by atoms with Crippen molar-refractivity contribution in [1.29, 1.82) is 0 Å². The van der Waals surface area contributed by atoms with Gasteiger partial charge in [0.2, 0.25) is 0 Å². The molecule has 3 aromatic rings. The number of benzene rings is 2. The third-order valence-corrected chi connectivity index (χ3v) is 5.57. The van der Waals surface area contributed by atoms with E-state index in [1.807, 2.05) is 53.8 Å². The van der Waals surface area contributed by atoms with Gasteiger partial charge in [0.25, 0.3) is 11.8 Å². The number of nitrogens with one attached hydrogen (secondary N) is 1. The Morgan fingerprint density at radius 2 is 1.63 bits per heavy atom. The van der Waals surface area contributed by atoms with E-state index in [-0.39, 0.29) is 11.8 Å². The van der Waals surface area contributed by atoms with E-state index < -0.39 is 0 Å². The molecule has 30 heavy (non-hydrogen) atoms. The number of amides is 2. The van der Waals surface area contributed by atoms with E-state index in [1.165, 1.54) is 0 Å². The third kappa shape index (κ3) is 4.13. The van der Waals surface area contributed by atoms with Crippen LogP contribution in [0.1, 0.15) is 50.5 Å². The Labute approximate surface area is 176 Å². The molecule has 2 amide bonds. The summed E-state index contributed by atoms with van der Waals surface area (Å²) >= 11 is 0. The average molecular weight is 402 g/mol. The summed E-state index contributed by atoms with van der Waals surface area (Å²) in [5, 5.41) is 7.49. The molecule has 4 rings (SSSR count). The van der Waals surface area contributed by atoms with Crippen molar-refractivity contribution in [3.05, 3.63) is 82.7 Å². The van der Waals surface area contributed by atoms with Crippen molar-refractivity contribution in [3.63, 3.8) is 0 Å². The highest BCUT2D eigenvalue weighted by atomic mass is 16.2. The van der Waals surface area contributed by atoms with Crippen LogP contribution in [0.3, 0.4) is 0 Å². The molecule has 0 radical (unpaired) electrons. The lowest BCUT2D eigenvalue weighted by atomic mass is 10.1. The van der Waals surface area contributed by atoms with Crippen LogP contribution in [0.5, 0.6) is 0 Å². The molecule has 1 saturated heterocycles. The predicted molar refractivity (Wildman–Crippen MR) is 117 cm³/mol. The van der Waals surface area contributed by atoms with E-state index >= 15 is 0 Å². The van der Waals surface area contributed by atoms with Gasteiger partial charge in [-0.1, -0.05) is 30.3 Å². The van der Waals surface area contributed by atoms with Crippen LogP contribution in [0.4, 0.5) is 5.69 Å². The van der Waals surface area contributed by atoms with Gasteiger partial charge in [0.15, 0.2) is 0 Å². The molecule has 1 aliphatic heterocycles. The van der Waals surface area contributed by atoms with E-state index in [0.29, 0.717) is 29.1 Å². The number of carbonyl (C=O) groups is 2. The van der Waals surface area contributed by atoms with Crippen LogP contribution in [0, 0.1) is 13.8 Å². The SMILES string of the molecule is Cc1nn(Cc2ccccc2)c(C)c1C(=O)Nc1ccc(C(=O)N2CCCC2)cc1. The van der Waals surface area contributed by atoms with Gasteiger partial charge in [-0.2, -0.15) is 5.10 Å². The quantitative estimate of drug-likeness (QED) is 0.700. The van der Waals surface area contributed by atoms with Crippen molar-refractivity contribution < 1.29 is 9.59 Å². The molecule has 154 valence electrons. The number of aryl methyl sites for hydroxylation is 1. The number of aromatic nitrogens is 2. The molecule has 0 saturated carbocycles. The Morgan fingerprint density at radius 3 is 2.30 bits per heavy atom. The summed E-state index contributed by atoms with van der Waals surface area (Å²) in [6.45, 7) is 6.02. The topological polar surface area (TPSA) is 67.2 Å². The van der Waals surface area contributed by atoms with E-state index in [1.54, 1.807) is 24.3 Å². The van der Waals surface area contributed by atoms with Crippen LogP contribution >= 0.6 is 0 Å². The molecule has 1 aliphatic rings. The van der Waals surface area contributed by atoms with Gasteiger partial charge in [0.1, 0.15) is 0 Å². The molecule has 1 aromatic heterocycles. The molecule has 0 unspecified atom stereocenters. The molecule has 1 N–H and O–H groups in total. The summed E-state index contributed by atoms with van der Waals surface area (Å²) in [5.41, 5.74) is 4.55. The zero-order valence-electron chi connectivity index (χ0n) is 17.4. The van der Waals surface area contributed by atoms with E-state index in [4.69, 9.17) is 0 Å². The largest absolute Gasteiger partial charge is 0.339 e. The Hall–Kier alpha value is -3.41. The molecule has 6 heteroatoms. The molecular weight excluding hydrogens is 376 g/mol. The number of nitrogens with zero attached hydrogens (tertiary/aromatic N) is 3. The lowest BCUT2D eigenvalue weighted by Gasteiger charge is -2.15. The van der Waals surface area contributed by atoms with Gasteiger partial charge in [0.05, 0.1) is 17.8 Å². The van der Waals surface area contributed by atoms with Crippen molar-refractivity contribution >= 4 is 17.5 Å². The molecule has 0 spiro atoms. The lowest BCUT2D eigenvalue weighted by Crippen LogP contribution is -2.27. The fourth-order valence-electron chi connectivity index (χ4n) is 3.93. The first-order valence-electron chi connectivity index (χ1n) is 10.3. The number of carbonyl (C=O) groups excluding carboxylic acids is 2. The molecule has 6 nitrogen and oxygen atoms in total. The van der Waals surface area contributed by atoms with E-state index in [2.05, 4.69) is 10.4 Å². The monoisotopic (exact) mass is 402 g/mol. The number of anilines is 1. The van der Waals surface area contributed by atoms with Crippen LogP contribution < -0.4 is 5.32 Å². The Morgan fingerprint density at radius 1 is 0.967 bits per heavy atom. The normalized spacial score (nSPS) is 13.5. The van der Waals surface area contributed by atoms with Crippen LogP contribution in [-0.4, -0.2) is 39.6 Å². The smallest absolute Gasteiger partial charge is 0.259 e. The highest BCUT2D eigenvalue weighted by Gasteiger charge is 2.21. The first-order chi connectivity index (χ1) is 14.5. The number of rotatable bonds is 5. The molecule has 2 aromatic carbocycles. The fraction of sp³-hybridized carbons (Fsp3) is 0.292. The Bertz CT molecular complexity index is 1050. The molecule has 0 aliphatic carbocycles. The molecular formula is C24H26N4O2. The minimum Gasteiger partial charge on any atom is -0.339 e. The van der Waals surface area contributed by atoms with Gasteiger partial charge in [-0.25, -0.2) is 0 Å². The van der Waals surface area contributed by atoms with Crippen LogP contribution in [-0.2, 0) is 6.54 Å². The summed E-state index contributed by atoms with van der Waals surface area (Å²) in [6.07, 6.45) is 2.13. The highest BCUT2D eigenvalue weighted by molar-refractivity contribution is 6.06. The van der Waals surface area contributed by atoms with Gasteiger partial charge in [0, 0.05) is 30.0 Å². The second kappa shape index (κ2) is 8.53. The summed E-state index contributed by atoms with van der Waals surface area (Å²) in [4.78, 5) is 27.3. The van der Waals surface area contributed by atoms with Crippen molar-refractivity contribution in [2.24, 2.45) is 0 Å². The van der Waals surface area contributed by atoms with Crippen LogP contribution in [0.15, 0.2) is 54.6 Å². The maximum atomic E-state index is 12.9. The molecule has 1 fully saturated rings. The zero-order chi connectivity index (χ0) is 21.1. The predicted octanol–water partition coefficient (Wildman–Crippen LogP) is 4.04. The van der Waals surface area contributed by atoms with Gasteiger partial charge < -0.3 is 10.2 Å². The highest BCUT2D eigenvalue weighted by Crippen LogP contribution is 2.19. The van der Waals surface area contributed by atoms with Crippen LogP contribution in [0.25, 0.3) is 0 Å². The Balaban J connectivity index is 1.46. The minimum atomic E-state index is -0.192. The van der Waals surface area contributed by atoms with Gasteiger partial charge in [-0.15, -0.1) is 0 Å².